The molecule has 0 saturated heterocycles. The van der Waals surface area contributed by atoms with Gasteiger partial charge in [0.2, 0.25) is 0 Å². The van der Waals surface area contributed by atoms with Crippen LogP contribution in [0.15, 0.2) is 96.0 Å². The van der Waals surface area contributed by atoms with E-state index in [1.807, 2.05) is 67.6 Å². The van der Waals surface area contributed by atoms with Gasteiger partial charge in [0.15, 0.2) is 11.6 Å². The lowest BCUT2D eigenvalue weighted by molar-refractivity contribution is 0.0858. The number of fused-ring (bicyclic) bond motifs is 1. The summed E-state index contributed by atoms with van der Waals surface area (Å²) in [4.78, 5) is 17.5. The van der Waals surface area contributed by atoms with Crippen LogP contribution in [0.3, 0.4) is 0 Å². The number of aliphatic hydroxyl groups is 1. The predicted molar refractivity (Wildman–Crippen MR) is 150 cm³/mol. The molecule has 0 unspecified atom stereocenters. The molecule has 39 heavy (non-hydrogen) atoms. The summed E-state index contributed by atoms with van der Waals surface area (Å²) in [7, 11) is 0. The fraction of sp³-hybridized carbons (Fsp3) is 0.188. The molecule has 7 heteroatoms. The summed E-state index contributed by atoms with van der Waals surface area (Å²) in [5.41, 5.74) is 5.91. The number of benzene rings is 4. The van der Waals surface area contributed by atoms with Gasteiger partial charge >= 0.3 is 0 Å². The molecule has 3 N–H and O–H groups in total. The maximum absolute atomic E-state index is 13.4. The van der Waals surface area contributed by atoms with E-state index < -0.39 is 23.8 Å². The number of hydrogen-bond donors (Lipinski definition) is 3. The average molecular weight is 526 g/mol. The molecular formula is C32H29F2N3O2. The molecule has 4 aromatic rings. The van der Waals surface area contributed by atoms with Gasteiger partial charge in [0.25, 0.3) is 5.91 Å². The van der Waals surface area contributed by atoms with Crippen molar-refractivity contribution >= 4 is 17.4 Å². The van der Waals surface area contributed by atoms with Crippen LogP contribution in [0.5, 0.6) is 0 Å². The first kappa shape index (κ1) is 26.3. The van der Waals surface area contributed by atoms with Gasteiger partial charge in [-0.1, -0.05) is 54.6 Å². The summed E-state index contributed by atoms with van der Waals surface area (Å²) in [6, 6.07) is 26.5. The first-order valence-electron chi connectivity index (χ1n) is 12.9. The van der Waals surface area contributed by atoms with E-state index in [1.165, 1.54) is 6.07 Å². The van der Waals surface area contributed by atoms with Crippen molar-refractivity contribution in [3.63, 3.8) is 0 Å². The van der Waals surface area contributed by atoms with E-state index in [4.69, 9.17) is 0 Å². The summed E-state index contributed by atoms with van der Waals surface area (Å²) in [6.45, 7) is 2.24. The Morgan fingerprint density at radius 3 is 2.41 bits per heavy atom. The maximum atomic E-state index is 13.4. The summed E-state index contributed by atoms with van der Waals surface area (Å²) in [6.07, 6.45) is 0.204. The average Bonchev–Trinajstić information content (AvgIpc) is 3.25. The highest BCUT2D eigenvalue weighted by Crippen LogP contribution is 2.34. The number of carbonyl (C=O) groups excluding carboxylic acids is 1. The lowest BCUT2D eigenvalue weighted by atomic mass is 10.0. The number of amidine groups is 1. The topological polar surface area (TPSA) is 73.7 Å². The molecule has 0 aromatic heterocycles. The van der Waals surface area contributed by atoms with Crippen LogP contribution in [-0.4, -0.2) is 29.5 Å². The Balaban J connectivity index is 1.23. The van der Waals surface area contributed by atoms with Crippen molar-refractivity contribution in [3.8, 4) is 11.1 Å². The molecule has 0 aliphatic heterocycles. The molecule has 198 valence electrons. The van der Waals surface area contributed by atoms with Crippen LogP contribution in [0.2, 0.25) is 0 Å². The van der Waals surface area contributed by atoms with Crippen LogP contribution in [0, 0.1) is 11.6 Å². The lowest BCUT2D eigenvalue weighted by Gasteiger charge is -2.19. The number of anilines is 1. The first-order valence-corrected chi connectivity index (χ1v) is 12.9. The number of amides is 1. The molecule has 0 radical (unpaired) electrons. The highest BCUT2D eigenvalue weighted by atomic mass is 19.2. The lowest BCUT2D eigenvalue weighted by Crippen LogP contribution is -2.33. The van der Waals surface area contributed by atoms with Gasteiger partial charge in [0.1, 0.15) is 0 Å². The van der Waals surface area contributed by atoms with E-state index in [0.717, 1.165) is 34.0 Å². The zero-order chi connectivity index (χ0) is 27.4. The fourth-order valence-electron chi connectivity index (χ4n) is 4.84. The van der Waals surface area contributed by atoms with Gasteiger partial charge in [0, 0.05) is 24.2 Å². The van der Waals surface area contributed by atoms with Gasteiger partial charge in [-0.25, -0.2) is 8.78 Å². The van der Waals surface area contributed by atoms with Gasteiger partial charge in [-0.3, -0.25) is 9.79 Å². The number of carbonyl (C=O) groups is 1. The number of aliphatic hydroxyl groups excluding tert-OH is 1. The maximum Gasteiger partial charge on any atom is 0.251 e. The Kier molecular flexibility index (Phi) is 7.79. The molecule has 0 heterocycles. The zero-order valence-electron chi connectivity index (χ0n) is 21.5. The zero-order valence-corrected chi connectivity index (χ0v) is 21.5. The van der Waals surface area contributed by atoms with E-state index in [2.05, 4.69) is 15.6 Å². The van der Waals surface area contributed by atoms with E-state index in [-0.39, 0.29) is 5.91 Å². The molecule has 5 rings (SSSR count). The Bertz CT molecular complexity index is 1500. The second-order valence-corrected chi connectivity index (χ2v) is 9.67. The minimum atomic E-state index is -0.864. The Hall–Kier alpha value is -4.36. The monoisotopic (exact) mass is 525 g/mol. The molecule has 0 fully saturated rings. The summed E-state index contributed by atoms with van der Waals surface area (Å²) in [5.74, 6) is -1.31. The number of nitrogens with zero attached hydrogens (tertiary/aromatic N) is 1. The highest BCUT2D eigenvalue weighted by molar-refractivity contribution is 5.95. The molecule has 2 atom stereocenters. The van der Waals surface area contributed by atoms with Crippen molar-refractivity contribution in [2.45, 2.75) is 31.9 Å². The van der Waals surface area contributed by atoms with Crippen LogP contribution in [0.25, 0.3) is 11.1 Å². The largest absolute Gasteiger partial charge is 0.390 e. The molecule has 4 aromatic carbocycles. The third-order valence-corrected chi connectivity index (χ3v) is 6.89. The van der Waals surface area contributed by atoms with Crippen molar-refractivity contribution in [1.82, 2.24) is 5.32 Å². The molecule has 0 bridgehead atoms. The van der Waals surface area contributed by atoms with Crippen LogP contribution < -0.4 is 10.6 Å². The van der Waals surface area contributed by atoms with Gasteiger partial charge in [-0.2, -0.15) is 0 Å². The summed E-state index contributed by atoms with van der Waals surface area (Å²) >= 11 is 0. The molecular weight excluding hydrogens is 496 g/mol. The van der Waals surface area contributed by atoms with Crippen molar-refractivity contribution in [2.75, 3.05) is 11.9 Å². The van der Waals surface area contributed by atoms with Crippen LogP contribution in [-0.2, 0) is 12.8 Å². The third-order valence-electron chi connectivity index (χ3n) is 6.89. The molecule has 1 amide bonds. The van der Waals surface area contributed by atoms with E-state index in [9.17, 15) is 18.7 Å². The smallest absolute Gasteiger partial charge is 0.251 e. The minimum absolute atomic E-state index is 0.250. The van der Waals surface area contributed by atoms with E-state index >= 15 is 0 Å². The number of rotatable bonds is 7. The quantitative estimate of drug-likeness (QED) is 0.202. The third kappa shape index (κ3) is 6.21. The van der Waals surface area contributed by atoms with Gasteiger partial charge in [-0.05, 0) is 77.6 Å². The van der Waals surface area contributed by atoms with Gasteiger partial charge in [-0.15, -0.1) is 0 Å². The molecule has 0 saturated carbocycles. The molecule has 0 spiro atoms. The van der Waals surface area contributed by atoms with Crippen molar-refractivity contribution in [3.05, 3.63) is 125 Å². The summed E-state index contributed by atoms with van der Waals surface area (Å²) in [5, 5.41) is 17.0. The number of hydrogen-bond acceptors (Lipinski definition) is 3. The standard InChI is InChI=1S/C32H29F2N3O2/c1-20(35-16-15-21-7-14-28(33)29(34)17-21)36-26-13-12-25-18-30(38)31(27(25)19-26)37-32(39)24-10-8-23(9-11-24)22-5-3-2-4-6-22/h2-14,17,19,30-31,38H,15-16,18H2,1H3,(H,35,36)(H,37,39)/t30-,31-/m1/s1. The number of nitrogens with one attached hydrogen (secondary N) is 2. The minimum Gasteiger partial charge on any atom is -0.390 e. The van der Waals surface area contributed by atoms with Gasteiger partial charge < -0.3 is 15.7 Å². The number of halogens is 2. The van der Waals surface area contributed by atoms with Crippen molar-refractivity contribution in [1.29, 1.82) is 0 Å². The second-order valence-electron chi connectivity index (χ2n) is 9.67. The second kappa shape index (κ2) is 11.6. The molecule has 5 nitrogen and oxygen atoms in total. The molecule has 1 aliphatic rings. The Labute approximate surface area is 226 Å². The van der Waals surface area contributed by atoms with E-state index in [0.29, 0.717) is 36.3 Å². The fourth-order valence-corrected chi connectivity index (χ4v) is 4.84. The first-order chi connectivity index (χ1) is 18.9. The van der Waals surface area contributed by atoms with Crippen molar-refractivity contribution < 1.29 is 18.7 Å². The van der Waals surface area contributed by atoms with Crippen LogP contribution >= 0.6 is 0 Å². The van der Waals surface area contributed by atoms with Crippen molar-refractivity contribution in [2.24, 2.45) is 4.99 Å². The van der Waals surface area contributed by atoms with Crippen LogP contribution in [0.1, 0.15) is 40.0 Å². The highest BCUT2D eigenvalue weighted by Gasteiger charge is 2.32. The summed E-state index contributed by atoms with van der Waals surface area (Å²) < 4.78 is 26.5. The van der Waals surface area contributed by atoms with Crippen LogP contribution in [0.4, 0.5) is 14.5 Å². The Morgan fingerprint density at radius 2 is 1.67 bits per heavy atom. The van der Waals surface area contributed by atoms with E-state index in [1.54, 1.807) is 18.2 Å². The van der Waals surface area contributed by atoms with Gasteiger partial charge in [0.05, 0.1) is 18.0 Å². The molecule has 1 aliphatic carbocycles. The predicted octanol–water partition coefficient (Wildman–Crippen LogP) is 6.09. The normalized spacial score (nSPS) is 16.6. The SMILES string of the molecule is CC(=NCCc1ccc(F)c(F)c1)Nc1ccc2c(c1)[C@@H](NC(=O)c1ccc(-c3ccccc3)cc1)[C@H](O)C2. The number of aliphatic imine (C=N–C) groups is 1. The Morgan fingerprint density at radius 1 is 0.923 bits per heavy atom.